The van der Waals surface area contributed by atoms with Gasteiger partial charge in [0.1, 0.15) is 5.76 Å². The molecule has 0 amide bonds. The Kier molecular flexibility index (Phi) is 7.89. The standard InChI is InChI=1S/C18H31N3O2/c1-14(2)12-20-17(19-10-9-15-8-7-11-23-15)21-13-16(22-6)18(3,4)5/h7-8,11,16H,1,9-10,12-13H2,2-6H3,(H2,19,20,21). The van der Waals surface area contributed by atoms with Crippen LogP contribution in [0.4, 0.5) is 0 Å². The Morgan fingerprint density at radius 1 is 1.39 bits per heavy atom. The van der Waals surface area contributed by atoms with E-state index in [-0.39, 0.29) is 11.5 Å². The summed E-state index contributed by atoms with van der Waals surface area (Å²) in [6.07, 6.45) is 2.57. The van der Waals surface area contributed by atoms with Crippen LogP contribution in [0, 0.1) is 5.41 Å². The van der Waals surface area contributed by atoms with Gasteiger partial charge in [-0.2, -0.15) is 0 Å². The highest BCUT2D eigenvalue weighted by molar-refractivity contribution is 5.80. The Hall–Kier alpha value is -1.75. The lowest BCUT2D eigenvalue weighted by atomic mass is 9.89. The highest BCUT2D eigenvalue weighted by atomic mass is 16.5. The fourth-order valence-electron chi connectivity index (χ4n) is 2.04. The van der Waals surface area contributed by atoms with Crippen LogP contribution in [0.2, 0.25) is 0 Å². The summed E-state index contributed by atoms with van der Waals surface area (Å²) in [6, 6.07) is 3.87. The van der Waals surface area contributed by atoms with Crippen molar-refractivity contribution < 1.29 is 9.15 Å². The predicted octanol–water partition coefficient (Wildman–Crippen LogP) is 2.99. The smallest absolute Gasteiger partial charge is 0.191 e. The number of hydrogen-bond acceptors (Lipinski definition) is 3. The van der Waals surface area contributed by atoms with E-state index >= 15 is 0 Å². The summed E-state index contributed by atoms with van der Waals surface area (Å²) in [7, 11) is 1.73. The normalized spacial score (nSPS) is 13.7. The van der Waals surface area contributed by atoms with Crippen molar-refractivity contribution in [2.24, 2.45) is 10.4 Å². The molecule has 0 aliphatic heterocycles. The van der Waals surface area contributed by atoms with Crippen LogP contribution in [0.15, 0.2) is 40.0 Å². The number of methoxy groups -OCH3 is 1. The molecule has 1 heterocycles. The molecule has 2 N–H and O–H groups in total. The van der Waals surface area contributed by atoms with Crippen molar-refractivity contribution in [3.05, 3.63) is 36.3 Å². The van der Waals surface area contributed by atoms with Crippen LogP contribution < -0.4 is 10.6 Å². The largest absolute Gasteiger partial charge is 0.469 e. The lowest BCUT2D eigenvalue weighted by Gasteiger charge is -2.28. The van der Waals surface area contributed by atoms with Gasteiger partial charge in [0.15, 0.2) is 5.96 Å². The minimum absolute atomic E-state index is 0.0475. The SMILES string of the molecule is C=C(C)CNC(=NCC(OC)C(C)(C)C)NCCc1ccco1. The quantitative estimate of drug-likeness (QED) is 0.439. The van der Waals surface area contributed by atoms with Crippen molar-refractivity contribution in [1.82, 2.24) is 10.6 Å². The summed E-state index contributed by atoms with van der Waals surface area (Å²) >= 11 is 0. The summed E-state index contributed by atoms with van der Waals surface area (Å²) in [6.45, 7) is 14.4. The minimum atomic E-state index is 0.0475. The van der Waals surface area contributed by atoms with Crippen LogP contribution in [0.1, 0.15) is 33.5 Å². The second kappa shape index (κ2) is 9.40. The van der Waals surface area contributed by atoms with Crippen molar-refractivity contribution in [3.8, 4) is 0 Å². The van der Waals surface area contributed by atoms with Gasteiger partial charge in [-0.25, -0.2) is 0 Å². The third-order valence-electron chi connectivity index (χ3n) is 3.47. The molecule has 130 valence electrons. The number of guanidine groups is 1. The maximum absolute atomic E-state index is 5.56. The Morgan fingerprint density at radius 3 is 2.65 bits per heavy atom. The number of nitrogens with one attached hydrogen (secondary N) is 2. The lowest BCUT2D eigenvalue weighted by Crippen LogP contribution is -2.40. The molecule has 1 rings (SSSR count). The average molecular weight is 321 g/mol. The molecule has 1 aromatic heterocycles. The number of hydrogen-bond donors (Lipinski definition) is 2. The third kappa shape index (κ3) is 7.88. The molecule has 0 saturated carbocycles. The maximum Gasteiger partial charge on any atom is 0.191 e. The van der Waals surface area contributed by atoms with Crippen molar-refractivity contribution in [2.75, 3.05) is 26.7 Å². The monoisotopic (exact) mass is 321 g/mol. The molecule has 5 heteroatoms. The molecule has 0 saturated heterocycles. The van der Waals surface area contributed by atoms with Gasteiger partial charge in [0, 0.05) is 26.6 Å². The van der Waals surface area contributed by atoms with Gasteiger partial charge in [-0.3, -0.25) is 4.99 Å². The summed E-state index contributed by atoms with van der Waals surface area (Å²) in [5, 5.41) is 6.61. The van der Waals surface area contributed by atoms with Crippen molar-refractivity contribution in [3.63, 3.8) is 0 Å². The third-order valence-corrected chi connectivity index (χ3v) is 3.47. The van der Waals surface area contributed by atoms with Crippen LogP contribution in [0.3, 0.4) is 0 Å². The van der Waals surface area contributed by atoms with Gasteiger partial charge in [0.2, 0.25) is 0 Å². The topological polar surface area (TPSA) is 58.8 Å². The molecule has 0 bridgehead atoms. The fraction of sp³-hybridized carbons (Fsp3) is 0.611. The first-order valence-electron chi connectivity index (χ1n) is 8.04. The first-order valence-corrected chi connectivity index (χ1v) is 8.04. The Bertz CT molecular complexity index is 487. The van der Waals surface area contributed by atoms with E-state index in [0.717, 1.165) is 30.3 Å². The van der Waals surface area contributed by atoms with Crippen LogP contribution in [0.5, 0.6) is 0 Å². The fourth-order valence-corrected chi connectivity index (χ4v) is 2.04. The molecule has 1 atom stereocenters. The zero-order chi connectivity index (χ0) is 17.3. The molecule has 0 aliphatic carbocycles. The zero-order valence-corrected chi connectivity index (χ0v) is 15.1. The van der Waals surface area contributed by atoms with Crippen LogP contribution in [-0.4, -0.2) is 38.8 Å². The number of rotatable bonds is 8. The van der Waals surface area contributed by atoms with Crippen LogP contribution in [-0.2, 0) is 11.2 Å². The molecule has 5 nitrogen and oxygen atoms in total. The molecule has 0 aromatic carbocycles. The average Bonchev–Trinajstić information content (AvgIpc) is 2.96. The van der Waals surface area contributed by atoms with Gasteiger partial charge in [-0.1, -0.05) is 32.9 Å². The molecule has 23 heavy (non-hydrogen) atoms. The first-order chi connectivity index (χ1) is 10.8. The Balaban J connectivity index is 2.58. The van der Waals surface area contributed by atoms with Gasteiger partial charge in [0.25, 0.3) is 0 Å². The highest BCUT2D eigenvalue weighted by Gasteiger charge is 2.24. The molecular formula is C18H31N3O2. The van der Waals surface area contributed by atoms with Crippen molar-refractivity contribution >= 4 is 5.96 Å². The van der Waals surface area contributed by atoms with Crippen LogP contribution >= 0.6 is 0 Å². The van der Waals surface area contributed by atoms with Gasteiger partial charge in [-0.15, -0.1) is 0 Å². The number of aliphatic imine (C=N–C) groups is 1. The van der Waals surface area contributed by atoms with E-state index in [1.54, 1.807) is 13.4 Å². The molecular weight excluding hydrogens is 290 g/mol. The molecule has 0 aliphatic rings. The molecule has 1 aromatic rings. The Labute approximate surface area is 140 Å². The number of ether oxygens (including phenoxy) is 1. The summed E-state index contributed by atoms with van der Waals surface area (Å²) in [4.78, 5) is 4.65. The highest BCUT2D eigenvalue weighted by Crippen LogP contribution is 2.21. The maximum atomic E-state index is 5.56. The lowest BCUT2D eigenvalue weighted by molar-refractivity contribution is 0.0241. The number of furan rings is 1. The first kappa shape index (κ1) is 19.3. The van der Waals surface area contributed by atoms with Crippen molar-refractivity contribution in [1.29, 1.82) is 0 Å². The van der Waals surface area contributed by atoms with E-state index in [1.807, 2.05) is 19.1 Å². The molecule has 1 unspecified atom stereocenters. The van der Waals surface area contributed by atoms with E-state index < -0.39 is 0 Å². The van der Waals surface area contributed by atoms with E-state index in [4.69, 9.17) is 9.15 Å². The zero-order valence-electron chi connectivity index (χ0n) is 15.1. The Morgan fingerprint density at radius 2 is 2.13 bits per heavy atom. The van der Waals surface area contributed by atoms with Gasteiger partial charge < -0.3 is 19.8 Å². The van der Waals surface area contributed by atoms with Crippen LogP contribution in [0.25, 0.3) is 0 Å². The van der Waals surface area contributed by atoms with E-state index in [2.05, 4.69) is 43.0 Å². The second-order valence-corrected chi connectivity index (χ2v) is 6.85. The number of nitrogens with zero attached hydrogens (tertiary/aromatic N) is 1. The van der Waals surface area contributed by atoms with Gasteiger partial charge in [-0.05, 0) is 24.5 Å². The minimum Gasteiger partial charge on any atom is -0.469 e. The van der Waals surface area contributed by atoms with E-state index in [1.165, 1.54) is 0 Å². The second-order valence-electron chi connectivity index (χ2n) is 6.85. The van der Waals surface area contributed by atoms with Gasteiger partial charge in [0.05, 0.1) is 18.9 Å². The van der Waals surface area contributed by atoms with Crippen molar-refractivity contribution in [2.45, 2.75) is 40.2 Å². The van der Waals surface area contributed by atoms with Gasteiger partial charge >= 0.3 is 0 Å². The summed E-state index contributed by atoms with van der Waals surface area (Å²) in [5.41, 5.74) is 1.11. The molecule has 0 spiro atoms. The predicted molar refractivity (Wildman–Crippen MR) is 95.8 cm³/mol. The summed E-state index contributed by atoms with van der Waals surface area (Å²) < 4.78 is 10.9. The molecule has 0 fully saturated rings. The van der Waals surface area contributed by atoms with E-state index in [0.29, 0.717) is 13.1 Å². The summed E-state index contributed by atoms with van der Waals surface area (Å²) in [5.74, 6) is 1.73. The van der Waals surface area contributed by atoms with E-state index in [9.17, 15) is 0 Å². The molecule has 0 radical (unpaired) electrons.